The molecule has 0 atom stereocenters. The number of nitrogens with zero attached hydrogens (tertiary/aromatic N) is 2. The molecule has 0 amide bonds. The average molecular weight is 513 g/mol. The molecule has 4 aromatic carbocycles. The van der Waals surface area contributed by atoms with Crippen LogP contribution in [0.2, 0.25) is 5.02 Å². The molecular formula is C32H21ClN4O. The Hall–Kier alpha value is -4.87. The number of aliphatic imine (C=N–C) groups is 1. The number of oxazole rings is 1. The summed E-state index contributed by atoms with van der Waals surface area (Å²) in [5.74, 6) is 0. The largest absolute Gasteiger partial charge is 0.430 e. The van der Waals surface area contributed by atoms with Gasteiger partial charge >= 0.3 is 6.01 Å². The van der Waals surface area contributed by atoms with Crippen molar-refractivity contribution in [3.8, 4) is 33.8 Å². The minimum absolute atomic E-state index is 0.289. The SMILES string of the molecule is Clc1ccc(-c2[nH]c3ccccc3c2-c2coc(/N=C/c3c(-c4ccccc4)[nH]c4ccccc34)n2)cc1. The van der Waals surface area contributed by atoms with Gasteiger partial charge in [0.1, 0.15) is 12.0 Å². The molecule has 7 rings (SSSR count). The van der Waals surface area contributed by atoms with Crippen LogP contribution < -0.4 is 0 Å². The molecule has 7 aromatic rings. The first kappa shape index (κ1) is 22.3. The lowest BCUT2D eigenvalue weighted by Gasteiger charge is -2.02. The third-order valence-corrected chi connectivity index (χ3v) is 6.95. The molecule has 2 N–H and O–H groups in total. The lowest BCUT2D eigenvalue weighted by Crippen LogP contribution is -1.85. The Kier molecular flexibility index (Phi) is 5.42. The summed E-state index contributed by atoms with van der Waals surface area (Å²) in [5.41, 5.74) is 8.79. The van der Waals surface area contributed by atoms with Gasteiger partial charge in [0.15, 0.2) is 0 Å². The Labute approximate surface area is 223 Å². The Morgan fingerprint density at radius 3 is 2.11 bits per heavy atom. The summed E-state index contributed by atoms with van der Waals surface area (Å²) >= 11 is 6.15. The van der Waals surface area contributed by atoms with Crippen molar-refractivity contribution in [2.45, 2.75) is 0 Å². The lowest BCUT2D eigenvalue weighted by molar-refractivity contribution is 0.570. The van der Waals surface area contributed by atoms with Gasteiger partial charge in [0.2, 0.25) is 0 Å². The molecule has 0 fully saturated rings. The van der Waals surface area contributed by atoms with E-state index in [2.05, 4.69) is 51.4 Å². The topological polar surface area (TPSA) is 70.0 Å². The first-order valence-electron chi connectivity index (χ1n) is 12.3. The predicted octanol–water partition coefficient (Wildman–Crippen LogP) is 9.04. The smallest absolute Gasteiger partial charge is 0.322 e. The molecule has 3 aromatic heterocycles. The summed E-state index contributed by atoms with van der Waals surface area (Å²) in [6.07, 6.45) is 3.49. The molecule has 182 valence electrons. The van der Waals surface area contributed by atoms with Crippen LogP contribution in [0.4, 0.5) is 6.01 Å². The predicted molar refractivity (Wildman–Crippen MR) is 155 cm³/mol. The Bertz CT molecular complexity index is 1930. The van der Waals surface area contributed by atoms with Crippen LogP contribution in [0.1, 0.15) is 5.56 Å². The fourth-order valence-corrected chi connectivity index (χ4v) is 5.06. The van der Waals surface area contributed by atoms with Crippen molar-refractivity contribution in [1.29, 1.82) is 0 Å². The number of fused-ring (bicyclic) bond motifs is 2. The molecule has 0 spiro atoms. The van der Waals surface area contributed by atoms with Crippen LogP contribution in [0.3, 0.4) is 0 Å². The second kappa shape index (κ2) is 9.21. The average Bonchev–Trinajstić information content (AvgIpc) is 3.68. The number of hydrogen-bond acceptors (Lipinski definition) is 3. The molecule has 0 unspecified atom stereocenters. The highest BCUT2D eigenvalue weighted by Crippen LogP contribution is 2.39. The van der Waals surface area contributed by atoms with E-state index in [4.69, 9.17) is 21.0 Å². The minimum atomic E-state index is 0.289. The summed E-state index contributed by atoms with van der Waals surface area (Å²) in [4.78, 5) is 16.5. The van der Waals surface area contributed by atoms with Gasteiger partial charge in [-0.1, -0.05) is 90.5 Å². The number of nitrogens with one attached hydrogen (secondary N) is 2. The highest BCUT2D eigenvalue weighted by atomic mass is 35.5. The van der Waals surface area contributed by atoms with E-state index >= 15 is 0 Å². The van der Waals surface area contributed by atoms with Crippen LogP contribution in [0.15, 0.2) is 119 Å². The molecule has 3 heterocycles. The Balaban J connectivity index is 1.32. The molecule has 0 aliphatic carbocycles. The van der Waals surface area contributed by atoms with E-state index in [1.165, 1.54) is 0 Å². The molecule has 0 saturated heterocycles. The van der Waals surface area contributed by atoms with Crippen molar-refractivity contribution in [1.82, 2.24) is 15.0 Å². The van der Waals surface area contributed by atoms with Crippen molar-refractivity contribution in [2.24, 2.45) is 4.99 Å². The molecule has 38 heavy (non-hydrogen) atoms. The van der Waals surface area contributed by atoms with E-state index < -0.39 is 0 Å². The normalized spacial score (nSPS) is 11.7. The zero-order chi connectivity index (χ0) is 25.5. The molecule has 0 aliphatic rings. The van der Waals surface area contributed by atoms with Crippen LogP contribution in [0.5, 0.6) is 0 Å². The van der Waals surface area contributed by atoms with E-state index in [9.17, 15) is 0 Å². The zero-order valence-electron chi connectivity index (χ0n) is 20.2. The second-order valence-corrected chi connectivity index (χ2v) is 9.46. The van der Waals surface area contributed by atoms with Crippen molar-refractivity contribution in [3.63, 3.8) is 0 Å². The molecular weight excluding hydrogens is 492 g/mol. The first-order valence-corrected chi connectivity index (χ1v) is 12.6. The van der Waals surface area contributed by atoms with E-state index in [-0.39, 0.29) is 6.01 Å². The van der Waals surface area contributed by atoms with Gasteiger partial charge in [-0.3, -0.25) is 0 Å². The quantitative estimate of drug-likeness (QED) is 0.226. The van der Waals surface area contributed by atoms with Gasteiger partial charge in [-0.2, -0.15) is 4.98 Å². The molecule has 0 saturated carbocycles. The van der Waals surface area contributed by atoms with Crippen molar-refractivity contribution in [2.75, 3.05) is 0 Å². The number of para-hydroxylation sites is 2. The number of H-pyrrole nitrogens is 2. The van der Waals surface area contributed by atoms with Crippen LogP contribution in [0, 0.1) is 0 Å². The number of aromatic amines is 2. The summed E-state index contributed by atoms with van der Waals surface area (Å²) in [5, 5.41) is 2.84. The van der Waals surface area contributed by atoms with E-state index in [1.54, 1.807) is 6.26 Å². The van der Waals surface area contributed by atoms with Crippen LogP contribution in [-0.2, 0) is 0 Å². The molecule has 0 radical (unpaired) electrons. The summed E-state index contributed by atoms with van der Waals surface area (Å²) in [7, 11) is 0. The lowest BCUT2D eigenvalue weighted by atomic mass is 10.0. The fourth-order valence-electron chi connectivity index (χ4n) is 4.93. The number of halogens is 1. The van der Waals surface area contributed by atoms with Crippen molar-refractivity contribution in [3.05, 3.63) is 120 Å². The van der Waals surface area contributed by atoms with Crippen LogP contribution >= 0.6 is 11.6 Å². The Morgan fingerprint density at radius 1 is 0.684 bits per heavy atom. The number of benzene rings is 4. The third-order valence-electron chi connectivity index (χ3n) is 6.70. The number of hydrogen-bond donors (Lipinski definition) is 2. The molecule has 5 nitrogen and oxygen atoms in total. The van der Waals surface area contributed by atoms with Gasteiger partial charge in [-0.15, -0.1) is 0 Å². The van der Waals surface area contributed by atoms with E-state index in [1.807, 2.05) is 72.9 Å². The van der Waals surface area contributed by atoms with E-state index in [0.717, 1.165) is 55.4 Å². The zero-order valence-corrected chi connectivity index (χ0v) is 20.9. The van der Waals surface area contributed by atoms with Crippen molar-refractivity contribution >= 4 is 45.6 Å². The van der Waals surface area contributed by atoms with Gasteiger partial charge in [-0.25, -0.2) is 4.99 Å². The van der Waals surface area contributed by atoms with Gasteiger partial charge < -0.3 is 14.4 Å². The fraction of sp³-hybridized carbons (Fsp3) is 0. The van der Waals surface area contributed by atoms with E-state index in [0.29, 0.717) is 10.7 Å². The summed E-state index contributed by atoms with van der Waals surface area (Å²) in [6, 6.07) is 34.7. The van der Waals surface area contributed by atoms with Gasteiger partial charge in [-0.05, 0) is 35.4 Å². The van der Waals surface area contributed by atoms with Gasteiger partial charge in [0, 0.05) is 44.2 Å². The monoisotopic (exact) mass is 512 g/mol. The first-order chi connectivity index (χ1) is 18.7. The highest BCUT2D eigenvalue weighted by Gasteiger charge is 2.18. The number of aromatic nitrogens is 3. The molecule has 6 heteroatoms. The van der Waals surface area contributed by atoms with Crippen molar-refractivity contribution < 1.29 is 4.42 Å². The Morgan fingerprint density at radius 2 is 1.32 bits per heavy atom. The highest BCUT2D eigenvalue weighted by molar-refractivity contribution is 6.30. The second-order valence-electron chi connectivity index (χ2n) is 9.03. The molecule has 0 aliphatic heterocycles. The maximum Gasteiger partial charge on any atom is 0.322 e. The van der Waals surface area contributed by atoms with Gasteiger partial charge in [0.25, 0.3) is 0 Å². The van der Waals surface area contributed by atoms with Crippen LogP contribution in [0.25, 0.3) is 55.6 Å². The standard InChI is InChI=1S/C32H21ClN4O/c33-22-16-14-21(15-17-22)31-29(24-11-5-7-13-27(24)36-31)28-19-38-32(37-28)34-18-25-23-10-4-6-12-26(23)35-30(25)20-8-2-1-3-9-20/h1-19,35-36H/b34-18+. The molecule has 0 bridgehead atoms. The number of rotatable bonds is 5. The maximum atomic E-state index is 6.15. The van der Waals surface area contributed by atoms with Crippen LogP contribution in [-0.4, -0.2) is 21.2 Å². The summed E-state index contributed by atoms with van der Waals surface area (Å²) < 4.78 is 5.85. The minimum Gasteiger partial charge on any atom is -0.430 e. The maximum absolute atomic E-state index is 6.15. The van der Waals surface area contributed by atoms with Gasteiger partial charge in [0.05, 0.1) is 11.4 Å². The third kappa shape index (κ3) is 3.90. The summed E-state index contributed by atoms with van der Waals surface area (Å²) in [6.45, 7) is 0.